The quantitative estimate of drug-likeness (QED) is 0.817. The summed E-state index contributed by atoms with van der Waals surface area (Å²) >= 11 is 0. The van der Waals surface area contributed by atoms with Crippen LogP contribution in [0.4, 0.5) is 5.69 Å². The van der Waals surface area contributed by atoms with E-state index < -0.39 is 18.5 Å². The van der Waals surface area contributed by atoms with Crippen LogP contribution >= 0.6 is 0 Å². The first-order valence-electron chi connectivity index (χ1n) is 8.19. The van der Waals surface area contributed by atoms with Crippen molar-refractivity contribution < 1.29 is 28.9 Å². The third kappa shape index (κ3) is 4.24. The van der Waals surface area contributed by atoms with Crippen LogP contribution in [0.15, 0.2) is 36.4 Å². The second kappa shape index (κ2) is 7.77. The maximum Gasteiger partial charge on any atom is 0.342 e. The minimum absolute atomic E-state index is 0.0129. The molecule has 2 aromatic carbocycles. The molecule has 0 saturated carbocycles. The summed E-state index contributed by atoms with van der Waals surface area (Å²) in [5.74, 6) is -0.266. The highest BCUT2D eigenvalue weighted by atomic mass is 16.5. The van der Waals surface area contributed by atoms with Crippen LogP contribution in [0.1, 0.15) is 22.3 Å². The standard InChI is InChI=1S/C19H19NO6/c1-12-3-5-14(15(21)9-12)19(23)26-11-18(22)20-13-4-6-16-17(10-13)25-8-2-7-24-16/h3-6,9-10,21H,2,7-8,11H2,1H3,(H,20,22). The molecule has 136 valence electrons. The summed E-state index contributed by atoms with van der Waals surface area (Å²) in [4.78, 5) is 24.0. The molecular weight excluding hydrogens is 338 g/mol. The van der Waals surface area contributed by atoms with Crippen LogP contribution in [-0.2, 0) is 9.53 Å². The fraction of sp³-hybridized carbons (Fsp3) is 0.263. The SMILES string of the molecule is Cc1ccc(C(=O)OCC(=O)Nc2ccc3c(c2)OCCCO3)c(O)c1. The summed E-state index contributed by atoms with van der Waals surface area (Å²) in [6.07, 6.45) is 0.790. The number of phenols is 1. The number of amides is 1. The number of phenolic OH excluding ortho intramolecular Hbond substituents is 1. The van der Waals surface area contributed by atoms with E-state index in [1.165, 1.54) is 12.1 Å². The van der Waals surface area contributed by atoms with Crippen molar-refractivity contribution in [1.82, 2.24) is 0 Å². The van der Waals surface area contributed by atoms with E-state index in [9.17, 15) is 14.7 Å². The van der Waals surface area contributed by atoms with E-state index in [2.05, 4.69) is 5.32 Å². The smallest absolute Gasteiger partial charge is 0.342 e. The van der Waals surface area contributed by atoms with Crippen LogP contribution in [-0.4, -0.2) is 36.8 Å². The summed E-state index contributed by atoms with van der Waals surface area (Å²) in [6, 6.07) is 9.63. The number of carbonyl (C=O) groups excluding carboxylic acids is 2. The van der Waals surface area contributed by atoms with Crippen LogP contribution in [0.25, 0.3) is 0 Å². The summed E-state index contributed by atoms with van der Waals surface area (Å²) in [7, 11) is 0. The number of fused-ring (bicyclic) bond motifs is 1. The molecule has 0 radical (unpaired) electrons. The number of ether oxygens (including phenoxy) is 3. The third-order valence-corrected chi connectivity index (χ3v) is 3.74. The minimum Gasteiger partial charge on any atom is -0.507 e. The van der Waals surface area contributed by atoms with Crippen molar-refractivity contribution >= 4 is 17.6 Å². The number of hydrogen-bond donors (Lipinski definition) is 2. The number of anilines is 1. The molecule has 0 aromatic heterocycles. The van der Waals surface area contributed by atoms with Crippen molar-refractivity contribution in [3.05, 3.63) is 47.5 Å². The van der Waals surface area contributed by atoms with Gasteiger partial charge in [0.1, 0.15) is 11.3 Å². The highest BCUT2D eigenvalue weighted by Gasteiger charge is 2.15. The summed E-state index contributed by atoms with van der Waals surface area (Å²) in [5.41, 5.74) is 1.33. The fourth-order valence-electron chi connectivity index (χ4n) is 2.46. The molecule has 7 heteroatoms. The van der Waals surface area contributed by atoms with E-state index in [1.54, 1.807) is 31.2 Å². The second-order valence-electron chi connectivity index (χ2n) is 5.86. The highest BCUT2D eigenvalue weighted by molar-refractivity contribution is 5.96. The summed E-state index contributed by atoms with van der Waals surface area (Å²) in [5, 5.41) is 12.4. The van der Waals surface area contributed by atoms with E-state index >= 15 is 0 Å². The van der Waals surface area contributed by atoms with Crippen molar-refractivity contribution in [3.8, 4) is 17.2 Å². The first-order valence-corrected chi connectivity index (χ1v) is 8.19. The number of rotatable bonds is 4. The van der Waals surface area contributed by atoms with Gasteiger partial charge < -0.3 is 24.6 Å². The van der Waals surface area contributed by atoms with Gasteiger partial charge >= 0.3 is 5.97 Å². The predicted molar refractivity (Wildman–Crippen MR) is 93.8 cm³/mol. The number of aromatic hydroxyl groups is 1. The summed E-state index contributed by atoms with van der Waals surface area (Å²) in [6.45, 7) is 2.45. The Labute approximate surface area is 150 Å². The molecule has 26 heavy (non-hydrogen) atoms. The molecule has 0 atom stereocenters. The van der Waals surface area contributed by atoms with E-state index in [0.29, 0.717) is 30.4 Å². The number of nitrogens with one attached hydrogen (secondary N) is 1. The number of hydrogen-bond acceptors (Lipinski definition) is 6. The van der Waals surface area contributed by atoms with Crippen LogP contribution in [0.5, 0.6) is 17.2 Å². The van der Waals surface area contributed by atoms with Crippen LogP contribution in [0.2, 0.25) is 0 Å². The van der Waals surface area contributed by atoms with Gasteiger partial charge in [-0.3, -0.25) is 4.79 Å². The van der Waals surface area contributed by atoms with Crippen molar-refractivity contribution in [3.63, 3.8) is 0 Å². The largest absolute Gasteiger partial charge is 0.507 e. The van der Waals surface area contributed by atoms with Gasteiger partial charge in [0.25, 0.3) is 5.91 Å². The zero-order valence-electron chi connectivity index (χ0n) is 14.3. The molecule has 0 saturated heterocycles. The number of benzene rings is 2. The molecule has 1 amide bonds. The average molecular weight is 357 g/mol. The topological polar surface area (TPSA) is 94.1 Å². The van der Waals surface area contributed by atoms with Gasteiger partial charge in [-0.2, -0.15) is 0 Å². The van der Waals surface area contributed by atoms with Crippen LogP contribution < -0.4 is 14.8 Å². The minimum atomic E-state index is -0.767. The molecule has 1 aliphatic rings. The van der Waals surface area contributed by atoms with E-state index in [-0.39, 0.29) is 11.3 Å². The van der Waals surface area contributed by atoms with Gasteiger partial charge in [-0.25, -0.2) is 4.79 Å². The molecule has 1 heterocycles. The Balaban J connectivity index is 1.57. The van der Waals surface area contributed by atoms with Gasteiger partial charge in [-0.15, -0.1) is 0 Å². The molecule has 0 fully saturated rings. The molecule has 0 spiro atoms. The normalized spacial score (nSPS) is 12.8. The molecule has 0 unspecified atom stereocenters. The maximum absolute atomic E-state index is 12.0. The van der Waals surface area contributed by atoms with Crippen molar-refractivity contribution in [2.75, 3.05) is 25.1 Å². The van der Waals surface area contributed by atoms with Crippen LogP contribution in [0, 0.1) is 6.92 Å². The monoisotopic (exact) mass is 357 g/mol. The lowest BCUT2D eigenvalue weighted by atomic mass is 10.1. The van der Waals surface area contributed by atoms with Crippen LogP contribution in [0.3, 0.4) is 0 Å². The Morgan fingerprint density at radius 3 is 2.65 bits per heavy atom. The Bertz CT molecular complexity index is 833. The lowest BCUT2D eigenvalue weighted by molar-refractivity contribution is -0.119. The number of esters is 1. The van der Waals surface area contributed by atoms with Gasteiger partial charge in [-0.05, 0) is 36.8 Å². The zero-order valence-corrected chi connectivity index (χ0v) is 14.3. The number of carbonyl (C=O) groups is 2. The zero-order chi connectivity index (χ0) is 18.5. The van der Waals surface area contributed by atoms with E-state index in [0.717, 1.165) is 12.0 Å². The second-order valence-corrected chi connectivity index (χ2v) is 5.86. The molecule has 1 aliphatic heterocycles. The summed E-state index contributed by atoms with van der Waals surface area (Å²) < 4.78 is 16.0. The molecule has 0 aliphatic carbocycles. The van der Waals surface area contributed by atoms with E-state index in [4.69, 9.17) is 14.2 Å². The first-order chi connectivity index (χ1) is 12.5. The molecule has 2 N–H and O–H groups in total. The van der Waals surface area contributed by atoms with Gasteiger partial charge in [0.05, 0.1) is 13.2 Å². The van der Waals surface area contributed by atoms with Gasteiger partial charge in [0.2, 0.25) is 0 Å². The lowest BCUT2D eigenvalue weighted by Gasteiger charge is -2.11. The van der Waals surface area contributed by atoms with Gasteiger partial charge in [0.15, 0.2) is 18.1 Å². The molecule has 0 bridgehead atoms. The van der Waals surface area contributed by atoms with Crippen molar-refractivity contribution in [1.29, 1.82) is 0 Å². The fourth-order valence-corrected chi connectivity index (χ4v) is 2.46. The molecule has 2 aromatic rings. The highest BCUT2D eigenvalue weighted by Crippen LogP contribution is 2.32. The Morgan fingerprint density at radius 1 is 1.12 bits per heavy atom. The van der Waals surface area contributed by atoms with E-state index in [1.807, 2.05) is 0 Å². The molecule has 3 rings (SSSR count). The molecular formula is C19H19NO6. The maximum atomic E-state index is 12.0. The Morgan fingerprint density at radius 2 is 1.88 bits per heavy atom. The third-order valence-electron chi connectivity index (χ3n) is 3.74. The van der Waals surface area contributed by atoms with Crippen molar-refractivity contribution in [2.45, 2.75) is 13.3 Å². The number of aryl methyl sites for hydroxylation is 1. The van der Waals surface area contributed by atoms with Gasteiger partial charge in [0, 0.05) is 18.2 Å². The van der Waals surface area contributed by atoms with Gasteiger partial charge in [-0.1, -0.05) is 6.07 Å². The van der Waals surface area contributed by atoms with Crippen molar-refractivity contribution in [2.24, 2.45) is 0 Å². The Kier molecular flexibility index (Phi) is 5.26. The lowest BCUT2D eigenvalue weighted by Crippen LogP contribution is -2.21. The Hall–Kier alpha value is -3.22. The first kappa shape index (κ1) is 17.6. The predicted octanol–water partition coefficient (Wildman–Crippen LogP) is 2.66. The molecule has 7 nitrogen and oxygen atoms in total. The average Bonchev–Trinajstić information content (AvgIpc) is 2.84.